The highest BCUT2D eigenvalue weighted by Crippen LogP contribution is 2.36. The number of hydrogen-bond acceptors (Lipinski definition) is 6. The molecule has 0 saturated carbocycles. The molecule has 0 unspecified atom stereocenters. The topological polar surface area (TPSA) is 111 Å². The fraction of sp³-hybridized carbons (Fsp3) is 0.370. The molecule has 2 aromatic rings. The van der Waals surface area contributed by atoms with Crippen LogP contribution in [0.3, 0.4) is 0 Å². The minimum atomic E-state index is -1.94. The smallest absolute Gasteiger partial charge is 0.278 e. The van der Waals surface area contributed by atoms with Gasteiger partial charge in [0.15, 0.2) is 5.54 Å². The normalized spacial score (nSPS) is 17.4. The second-order valence-corrected chi connectivity index (χ2v) is 9.41. The number of likely N-dealkylation sites (N-methyl/N-ethyl adjacent to an activating group) is 2. The van der Waals surface area contributed by atoms with Crippen molar-refractivity contribution in [2.75, 3.05) is 33.8 Å². The van der Waals surface area contributed by atoms with E-state index in [0.717, 1.165) is 36.7 Å². The van der Waals surface area contributed by atoms with Gasteiger partial charge in [-0.3, -0.25) is 24.5 Å². The third kappa shape index (κ3) is 4.84. The number of amides is 3. The van der Waals surface area contributed by atoms with Crippen molar-refractivity contribution in [1.82, 2.24) is 20.6 Å². The Morgan fingerprint density at radius 1 is 1.06 bits per heavy atom. The van der Waals surface area contributed by atoms with Crippen molar-refractivity contribution in [3.63, 3.8) is 0 Å². The molecule has 9 heteroatoms. The van der Waals surface area contributed by atoms with Crippen molar-refractivity contribution < 1.29 is 24.3 Å². The summed E-state index contributed by atoms with van der Waals surface area (Å²) in [4.78, 5) is 40.8. The van der Waals surface area contributed by atoms with Crippen molar-refractivity contribution in [2.45, 2.75) is 31.0 Å². The summed E-state index contributed by atoms with van der Waals surface area (Å²) in [5.74, 6) is 3.90. The Morgan fingerprint density at radius 2 is 1.61 bits per heavy atom. The highest BCUT2D eigenvalue weighted by molar-refractivity contribution is 6.12. The predicted molar refractivity (Wildman–Crippen MR) is 132 cm³/mol. The van der Waals surface area contributed by atoms with Crippen LogP contribution in [-0.4, -0.2) is 77.7 Å². The van der Waals surface area contributed by atoms with E-state index >= 15 is 0 Å². The Hall–Kier alpha value is -3.71. The second-order valence-electron chi connectivity index (χ2n) is 9.41. The number of hydrogen-bond donors (Lipinski definition) is 3. The van der Waals surface area contributed by atoms with Crippen LogP contribution in [-0.2, 0) is 20.9 Å². The van der Waals surface area contributed by atoms with E-state index < -0.39 is 23.3 Å². The Bertz CT molecular complexity index is 1190. The molecular formula is C27H30N4O5. The molecule has 1 atom stereocenters. The summed E-state index contributed by atoms with van der Waals surface area (Å²) in [5, 5.41) is 11.4. The van der Waals surface area contributed by atoms with Crippen LogP contribution >= 0.6 is 0 Å². The quantitative estimate of drug-likeness (QED) is 0.242. The van der Waals surface area contributed by atoms with E-state index in [4.69, 9.17) is 9.94 Å². The largest absolute Gasteiger partial charge is 0.372 e. The van der Waals surface area contributed by atoms with E-state index in [2.05, 4.69) is 34.2 Å². The standard InChI is InChI=1S/C27H30N4O5/c1-26(24(33)28-2,25(34)29-35)30(3)23(32)22-12-10-20(11-13-22)5-4-19-6-8-21(9-7-19)16-31-17-27(18-31)14-15-36-27/h6-13,35H,14-18H2,1-3H3,(H,28,33)(H,29,34)/t26-/m0/s1. The molecule has 2 fully saturated rings. The average Bonchev–Trinajstić information content (AvgIpc) is 2.86. The van der Waals surface area contributed by atoms with E-state index in [0.29, 0.717) is 5.56 Å². The van der Waals surface area contributed by atoms with Crippen molar-refractivity contribution in [2.24, 2.45) is 0 Å². The molecular weight excluding hydrogens is 460 g/mol. The van der Waals surface area contributed by atoms with Gasteiger partial charge in [0.1, 0.15) is 0 Å². The van der Waals surface area contributed by atoms with Crippen LogP contribution < -0.4 is 10.8 Å². The maximum atomic E-state index is 13.0. The van der Waals surface area contributed by atoms with Crippen molar-refractivity contribution in [3.8, 4) is 11.8 Å². The zero-order valence-electron chi connectivity index (χ0n) is 20.6. The van der Waals surface area contributed by atoms with Crippen molar-refractivity contribution in [1.29, 1.82) is 0 Å². The number of carbonyl (C=O) groups excluding carboxylic acids is 3. The number of likely N-dealkylation sites (tertiary alicyclic amines) is 1. The van der Waals surface area contributed by atoms with Crippen LogP contribution in [0, 0.1) is 11.8 Å². The number of nitrogens with zero attached hydrogens (tertiary/aromatic N) is 2. The van der Waals surface area contributed by atoms with Crippen LogP contribution in [0.25, 0.3) is 0 Å². The summed E-state index contributed by atoms with van der Waals surface area (Å²) in [7, 11) is 2.67. The van der Waals surface area contributed by atoms with E-state index in [1.54, 1.807) is 24.3 Å². The first-order valence-corrected chi connectivity index (χ1v) is 11.7. The molecule has 2 aliphatic rings. The number of carbonyl (C=O) groups is 3. The monoisotopic (exact) mass is 490 g/mol. The lowest BCUT2D eigenvalue weighted by Crippen LogP contribution is -2.67. The van der Waals surface area contributed by atoms with Gasteiger partial charge in [-0.15, -0.1) is 0 Å². The van der Waals surface area contributed by atoms with Gasteiger partial charge in [0.05, 0.1) is 12.2 Å². The van der Waals surface area contributed by atoms with Crippen LogP contribution in [0.5, 0.6) is 0 Å². The van der Waals surface area contributed by atoms with Gasteiger partial charge in [-0.25, -0.2) is 5.48 Å². The highest BCUT2D eigenvalue weighted by Gasteiger charge is 2.49. The summed E-state index contributed by atoms with van der Waals surface area (Å²) < 4.78 is 5.67. The molecule has 1 spiro atoms. The summed E-state index contributed by atoms with van der Waals surface area (Å²) in [6.07, 6.45) is 1.17. The third-order valence-electron chi connectivity index (χ3n) is 7.02. The third-order valence-corrected chi connectivity index (χ3v) is 7.02. The van der Waals surface area contributed by atoms with E-state index in [-0.39, 0.29) is 11.2 Å². The van der Waals surface area contributed by atoms with Gasteiger partial charge >= 0.3 is 0 Å². The Balaban J connectivity index is 1.38. The first-order valence-electron chi connectivity index (χ1n) is 11.7. The lowest BCUT2D eigenvalue weighted by atomic mass is 9.86. The number of nitrogens with one attached hydrogen (secondary N) is 2. The van der Waals surface area contributed by atoms with Crippen LogP contribution in [0.15, 0.2) is 48.5 Å². The fourth-order valence-corrected chi connectivity index (χ4v) is 4.47. The minimum absolute atomic E-state index is 0.138. The Kier molecular flexibility index (Phi) is 7.13. The Morgan fingerprint density at radius 3 is 2.08 bits per heavy atom. The summed E-state index contributed by atoms with van der Waals surface area (Å²) >= 11 is 0. The lowest BCUT2D eigenvalue weighted by Gasteiger charge is -2.55. The van der Waals surface area contributed by atoms with Gasteiger partial charge in [-0.2, -0.15) is 0 Å². The number of rotatable bonds is 6. The number of ether oxygens (including phenoxy) is 1. The van der Waals surface area contributed by atoms with Crippen LogP contribution in [0.4, 0.5) is 0 Å². The molecule has 2 saturated heterocycles. The van der Waals surface area contributed by atoms with Gasteiger partial charge < -0.3 is 15.0 Å². The summed E-state index contributed by atoms with van der Waals surface area (Å²) in [6, 6.07) is 14.7. The number of benzene rings is 2. The zero-order chi connectivity index (χ0) is 25.9. The summed E-state index contributed by atoms with van der Waals surface area (Å²) in [6.45, 7) is 5.05. The molecule has 188 valence electrons. The molecule has 36 heavy (non-hydrogen) atoms. The predicted octanol–water partition coefficient (Wildman–Crippen LogP) is 1.14. The van der Waals surface area contributed by atoms with Crippen molar-refractivity contribution in [3.05, 3.63) is 70.8 Å². The highest BCUT2D eigenvalue weighted by atomic mass is 16.5. The molecule has 2 aliphatic heterocycles. The molecule has 3 N–H and O–H groups in total. The SMILES string of the molecule is CNC(=O)[C@@](C)(C(=O)NO)N(C)C(=O)c1ccc(C#Cc2ccc(CN3CC4(CCO4)C3)cc2)cc1. The minimum Gasteiger partial charge on any atom is -0.372 e. The average molecular weight is 491 g/mol. The molecule has 0 radical (unpaired) electrons. The maximum absolute atomic E-state index is 13.0. The molecule has 2 heterocycles. The molecule has 0 bridgehead atoms. The van der Waals surface area contributed by atoms with Crippen LogP contribution in [0.2, 0.25) is 0 Å². The van der Waals surface area contributed by atoms with E-state index in [1.165, 1.54) is 38.5 Å². The molecule has 9 nitrogen and oxygen atoms in total. The first kappa shape index (κ1) is 25.4. The van der Waals surface area contributed by atoms with Gasteiger partial charge in [0.25, 0.3) is 17.7 Å². The lowest BCUT2D eigenvalue weighted by molar-refractivity contribution is -0.223. The van der Waals surface area contributed by atoms with Gasteiger partial charge in [0.2, 0.25) is 0 Å². The molecule has 0 aliphatic carbocycles. The molecule has 3 amide bonds. The van der Waals surface area contributed by atoms with Gasteiger partial charge in [-0.05, 0) is 48.9 Å². The molecule has 2 aromatic carbocycles. The van der Waals surface area contributed by atoms with E-state index in [9.17, 15) is 14.4 Å². The maximum Gasteiger partial charge on any atom is 0.278 e. The van der Waals surface area contributed by atoms with Crippen molar-refractivity contribution >= 4 is 17.7 Å². The Labute approximate surface area is 210 Å². The van der Waals surface area contributed by atoms with Gasteiger partial charge in [0, 0.05) is 56.8 Å². The summed E-state index contributed by atoms with van der Waals surface area (Å²) in [5.41, 5.74) is 2.77. The van der Waals surface area contributed by atoms with E-state index in [1.807, 2.05) is 12.1 Å². The fourth-order valence-electron chi connectivity index (χ4n) is 4.47. The first-order chi connectivity index (χ1) is 17.2. The van der Waals surface area contributed by atoms with Crippen LogP contribution in [0.1, 0.15) is 40.4 Å². The molecule has 4 rings (SSSR count). The number of hydroxylamine groups is 1. The van der Waals surface area contributed by atoms with Gasteiger partial charge in [-0.1, -0.05) is 24.0 Å². The molecule has 0 aromatic heterocycles. The zero-order valence-corrected chi connectivity index (χ0v) is 20.6. The second kappa shape index (κ2) is 10.1.